The Morgan fingerprint density at radius 2 is 2.31 bits per heavy atom. The molecule has 0 aliphatic rings. The molecule has 0 fully saturated rings. The Balaban J connectivity index is 2.13. The Labute approximate surface area is 95.5 Å². The number of carboxylic acids is 1. The van der Waals surface area contributed by atoms with E-state index in [4.69, 9.17) is 5.11 Å². The second-order valence-corrected chi connectivity index (χ2v) is 3.99. The molecule has 1 heterocycles. The first-order valence-corrected chi connectivity index (χ1v) is 5.55. The van der Waals surface area contributed by atoms with Crippen LogP contribution in [0.25, 0.3) is 0 Å². The number of nitrogens with one attached hydrogen (secondary N) is 1. The highest BCUT2D eigenvalue weighted by atomic mass is 16.4. The second kappa shape index (κ2) is 6.27. The highest BCUT2D eigenvalue weighted by Gasteiger charge is 2.17. The molecule has 0 aliphatic carbocycles. The number of aromatic nitrogens is 2. The van der Waals surface area contributed by atoms with E-state index >= 15 is 0 Å². The van der Waals surface area contributed by atoms with Gasteiger partial charge in [-0.1, -0.05) is 6.92 Å². The number of nitrogens with zero attached hydrogens (tertiary/aromatic N) is 2. The SMILES string of the molecule is CC(NCCCn1cccn1)C(C)C(=O)O. The lowest BCUT2D eigenvalue weighted by atomic mass is 10.0. The van der Waals surface area contributed by atoms with Crippen molar-refractivity contribution < 1.29 is 9.90 Å². The van der Waals surface area contributed by atoms with Crippen LogP contribution in [0.2, 0.25) is 0 Å². The van der Waals surface area contributed by atoms with Gasteiger partial charge in [0.15, 0.2) is 0 Å². The van der Waals surface area contributed by atoms with E-state index in [0.29, 0.717) is 0 Å². The Morgan fingerprint density at radius 3 is 2.88 bits per heavy atom. The van der Waals surface area contributed by atoms with Gasteiger partial charge < -0.3 is 10.4 Å². The van der Waals surface area contributed by atoms with Crippen molar-refractivity contribution in [2.75, 3.05) is 6.54 Å². The van der Waals surface area contributed by atoms with Crippen molar-refractivity contribution in [2.24, 2.45) is 5.92 Å². The predicted molar refractivity (Wildman–Crippen MR) is 61.1 cm³/mol. The van der Waals surface area contributed by atoms with E-state index in [1.807, 2.05) is 23.9 Å². The average molecular weight is 225 g/mol. The molecule has 2 atom stereocenters. The molecule has 5 heteroatoms. The molecule has 0 spiro atoms. The van der Waals surface area contributed by atoms with Gasteiger partial charge in [-0.3, -0.25) is 9.48 Å². The largest absolute Gasteiger partial charge is 0.481 e. The minimum absolute atomic E-state index is 0.00452. The van der Waals surface area contributed by atoms with E-state index < -0.39 is 5.97 Å². The molecule has 0 saturated carbocycles. The van der Waals surface area contributed by atoms with Crippen LogP contribution in [0.4, 0.5) is 0 Å². The maximum Gasteiger partial charge on any atom is 0.307 e. The van der Waals surface area contributed by atoms with Gasteiger partial charge >= 0.3 is 5.97 Å². The third kappa shape index (κ3) is 4.02. The molecule has 0 aliphatic heterocycles. The number of carbonyl (C=O) groups is 1. The Hall–Kier alpha value is -1.36. The van der Waals surface area contributed by atoms with Crippen molar-refractivity contribution in [3.63, 3.8) is 0 Å². The molecule has 0 amide bonds. The molecule has 1 aromatic heterocycles. The van der Waals surface area contributed by atoms with Crippen LogP contribution in [0, 0.1) is 5.92 Å². The smallest absolute Gasteiger partial charge is 0.307 e. The zero-order valence-electron chi connectivity index (χ0n) is 9.76. The maximum atomic E-state index is 10.7. The van der Waals surface area contributed by atoms with Gasteiger partial charge in [0, 0.05) is 25.0 Å². The lowest BCUT2D eigenvalue weighted by Gasteiger charge is -2.17. The van der Waals surface area contributed by atoms with E-state index in [-0.39, 0.29) is 12.0 Å². The summed E-state index contributed by atoms with van der Waals surface area (Å²) in [6.07, 6.45) is 4.62. The van der Waals surface area contributed by atoms with Crippen LogP contribution in [0.3, 0.4) is 0 Å². The summed E-state index contributed by atoms with van der Waals surface area (Å²) in [5.74, 6) is -1.11. The topological polar surface area (TPSA) is 67.2 Å². The highest BCUT2D eigenvalue weighted by molar-refractivity contribution is 5.70. The van der Waals surface area contributed by atoms with Gasteiger partial charge in [0.05, 0.1) is 5.92 Å². The first-order valence-electron chi connectivity index (χ1n) is 5.55. The van der Waals surface area contributed by atoms with Crippen LogP contribution in [-0.4, -0.2) is 33.4 Å². The fraction of sp³-hybridized carbons (Fsp3) is 0.636. The van der Waals surface area contributed by atoms with Gasteiger partial charge in [-0.15, -0.1) is 0 Å². The summed E-state index contributed by atoms with van der Waals surface area (Å²) >= 11 is 0. The van der Waals surface area contributed by atoms with Gasteiger partial charge in [-0.2, -0.15) is 5.10 Å². The molecule has 0 saturated heterocycles. The molecule has 0 bridgehead atoms. The summed E-state index contributed by atoms with van der Waals surface area (Å²) in [5, 5.41) is 16.1. The van der Waals surface area contributed by atoms with Crippen LogP contribution in [0.15, 0.2) is 18.5 Å². The zero-order valence-corrected chi connectivity index (χ0v) is 9.76. The highest BCUT2D eigenvalue weighted by Crippen LogP contribution is 2.02. The molecule has 90 valence electrons. The lowest BCUT2D eigenvalue weighted by molar-refractivity contribution is -0.141. The van der Waals surface area contributed by atoms with E-state index in [0.717, 1.165) is 19.5 Å². The van der Waals surface area contributed by atoms with E-state index in [1.54, 1.807) is 13.1 Å². The van der Waals surface area contributed by atoms with Crippen LogP contribution in [0.1, 0.15) is 20.3 Å². The van der Waals surface area contributed by atoms with Crippen molar-refractivity contribution in [1.82, 2.24) is 15.1 Å². The van der Waals surface area contributed by atoms with Crippen molar-refractivity contribution in [3.8, 4) is 0 Å². The van der Waals surface area contributed by atoms with Gasteiger partial charge in [0.1, 0.15) is 0 Å². The van der Waals surface area contributed by atoms with Crippen LogP contribution in [0.5, 0.6) is 0 Å². The van der Waals surface area contributed by atoms with Gasteiger partial charge in [-0.05, 0) is 26.0 Å². The monoisotopic (exact) mass is 225 g/mol. The normalized spacial score (nSPS) is 14.6. The number of rotatable bonds is 7. The average Bonchev–Trinajstić information content (AvgIpc) is 2.75. The Morgan fingerprint density at radius 1 is 1.56 bits per heavy atom. The standard InChI is InChI=1S/C11H19N3O2/c1-9(11(15)16)10(2)12-5-3-7-14-8-4-6-13-14/h4,6,8-10,12H,3,5,7H2,1-2H3,(H,15,16). The third-order valence-electron chi connectivity index (χ3n) is 2.73. The summed E-state index contributed by atoms with van der Waals surface area (Å²) in [5.41, 5.74) is 0. The van der Waals surface area contributed by atoms with Crippen molar-refractivity contribution in [1.29, 1.82) is 0 Å². The fourth-order valence-electron chi connectivity index (χ4n) is 1.39. The van der Waals surface area contributed by atoms with Gasteiger partial charge in [0.2, 0.25) is 0 Å². The Bertz CT molecular complexity index is 311. The number of hydrogen-bond donors (Lipinski definition) is 2. The zero-order chi connectivity index (χ0) is 12.0. The molecule has 2 N–H and O–H groups in total. The lowest BCUT2D eigenvalue weighted by Crippen LogP contribution is -2.36. The summed E-state index contributed by atoms with van der Waals surface area (Å²) < 4.78 is 1.87. The third-order valence-corrected chi connectivity index (χ3v) is 2.73. The number of aliphatic carboxylic acids is 1. The Kier molecular flexibility index (Phi) is 4.98. The quantitative estimate of drug-likeness (QED) is 0.679. The molecule has 0 aromatic carbocycles. The molecule has 5 nitrogen and oxygen atoms in total. The van der Waals surface area contributed by atoms with Gasteiger partial charge in [0.25, 0.3) is 0 Å². The van der Waals surface area contributed by atoms with Crippen molar-refractivity contribution in [3.05, 3.63) is 18.5 Å². The number of carboxylic acid groups (broad SMARTS) is 1. The van der Waals surface area contributed by atoms with Crippen LogP contribution >= 0.6 is 0 Å². The minimum Gasteiger partial charge on any atom is -0.481 e. The maximum absolute atomic E-state index is 10.7. The second-order valence-electron chi connectivity index (χ2n) is 3.99. The van der Waals surface area contributed by atoms with Crippen LogP contribution in [-0.2, 0) is 11.3 Å². The van der Waals surface area contributed by atoms with Gasteiger partial charge in [-0.25, -0.2) is 0 Å². The molecular weight excluding hydrogens is 206 g/mol. The van der Waals surface area contributed by atoms with Crippen LogP contribution < -0.4 is 5.32 Å². The fourth-order valence-corrected chi connectivity index (χ4v) is 1.39. The van der Waals surface area contributed by atoms with Crippen molar-refractivity contribution in [2.45, 2.75) is 32.9 Å². The first kappa shape index (κ1) is 12.7. The van der Waals surface area contributed by atoms with E-state index in [1.165, 1.54) is 0 Å². The molecule has 1 aromatic rings. The number of aryl methyl sites for hydroxylation is 1. The van der Waals surface area contributed by atoms with Crippen molar-refractivity contribution >= 4 is 5.97 Å². The summed E-state index contributed by atoms with van der Waals surface area (Å²) in [6, 6.07) is 1.89. The molecule has 16 heavy (non-hydrogen) atoms. The minimum atomic E-state index is -0.757. The summed E-state index contributed by atoms with van der Waals surface area (Å²) in [7, 11) is 0. The molecular formula is C11H19N3O2. The molecule has 0 radical (unpaired) electrons. The van der Waals surface area contributed by atoms with E-state index in [9.17, 15) is 4.79 Å². The number of hydrogen-bond acceptors (Lipinski definition) is 3. The molecule has 1 rings (SSSR count). The summed E-state index contributed by atoms with van der Waals surface area (Å²) in [4.78, 5) is 10.7. The van der Waals surface area contributed by atoms with E-state index in [2.05, 4.69) is 10.4 Å². The predicted octanol–water partition coefficient (Wildman–Crippen LogP) is 0.972. The molecule has 2 unspecified atom stereocenters. The first-order chi connectivity index (χ1) is 7.61. The summed E-state index contributed by atoms with van der Waals surface area (Å²) in [6.45, 7) is 5.27.